The maximum Gasteiger partial charge on any atom is 0.192 e. The van der Waals surface area contributed by atoms with Crippen molar-refractivity contribution < 1.29 is 9.53 Å². The number of hydrogen-bond donors (Lipinski definition) is 1. The number of rotatable bonds is 22. The van der Waals surface area contributed by atoms with E-state index < -0.39 is 8.32 Å². The zero-order chi connectivity index (χ0) is 23.4. The first-order valence-corrected chi connectivity index (χ1v) is 17.7. The van der Waals surface area contributed by atoms with Crippen LogP contribution in [0.2, 0.25) is 18.1 Å². The molecule has 0 spiro atoms. The van der Waals surface area contributed by atoms with Gasteiger partial charge in [0.1, 0.15) is 0 Å². The number of hydrogen-bond acceptors (Lipinski definition) is 3. The van der Waals surface area contributed by atoms with Crippen LogP contribution in [0.1, 0.15) is 130 Å². The molecule has 2 nitrogen and oxygen atoms in total. The summed E-state index contributed by atoms with van der Waals surface area (Å²) in [5, 5.41) is 10.4. The highest BCUT2D eigenvalue weighted by molar-refractivity contribution is 7.99. The third-order valence-electron chi connectivity index (χ3n) is 6.90. The van der Waals surface area contributed by atoms with E-state index in [0.717, 1.165) is 5.75 Å². The van der Waals surface area contributed by atoms with Crippen LogP contribution in [0.15, 0.2) is 0 Å². The van der Waals surface area contributed by atoms with Gasteiger partial charge in [0.05, 0.1) is 12.7 Å². The lowest BCUT2D eigenvalue weighted by atomic mass is 10.0. The Bertz CT molecular complexity index is 382. The predicted molar refractivity (Wildman–Crippen MR) is 146 cm³/mol. The Hall–Kier alpha value is 0.487. The van der Waals surface area contributed by atoms with Gasteiger partial charge in [0.25, 0.3) is 0 Å². The molecule has 31 heavy (non-hydrogen) atoms. The van der Waals surface area contributed by atoms with E-state index in [2.05, 4.69) is 40.8 Å². The fourth-order valence-electron chi connectivity index (χ4n) is 3.54. The summed E-state index contributed by atoms with van der Waals surface area (Å²) in [6.45, 7) is 14.0. The van der Waals surface area contributed by atoms with Crippen LogP contribution in [0.3, 0.4) is 0 Å². The first-order chi connectivity index (χ1) is 14.7. The minimum atomic E-state index is -1.73. The van der Waals surface area contributed by atoms with Gasteiger partial charge in [0, 0.05) is 5.75 Å². The Kier molecular flexibility index (Phi) is 20.2. The van der Waals surface area contributed by atoms with Crippen molar-refractivity contribution in [2.24, 2.45) is 0 Å². The minimum absolute atomic E-state index is 0.216. The lowest BCUT2D eigenvalue weighted by molar-refractivity contribution is 0.118. The van der Waals surface area contributed by atoms with Crippen LogP contribution in [-0.2, 0) is 4.43 Å². The average molecular weight is 475 g/mol. The molecule has 1 N–H and O–H groups in total. The Morgan fingerprint density at radius 3 is 1.48 bits per heavy atom. The maximum absolute atomic E-state index is 10.2. The first kappa shape index (κ1) is 31.5. The molecule has 0 rings (SSSR count). The summed E-state index contributed by atoms with van der Waals surface area (Å²) in [7, 11) is -1.73. The third kappa shape index (κ3) is 19.6. The van der Waals surface area contributed by atoms with Crippen molar-refractivity contribution in [2.45, 2.75) is 155 Å². The van der Waals surface area contributed by atoms with Gasteiger partial charge in [0.15, 0.2) is 8.32 Å². The summed E-state index contributed by atoms with van der Waals surface area (Å²) in [4.78, 5) is 0. The second kappa shape index (κ2) is 19.9. The fraction of sp³-hybridized carbons (Fsp3) is 1.00. The molecule has 4 heteroatoms. The maximum atomic E-state index is 10.2. The van der Waals surface area contributed by atoms with Crippen molar-refractivity contribution in [2.75, 3.05) is 18.1 Å². The van der Waals surface area contributed by atoms with Crippen LogP contribution in [0.4, 0.5) is 0 Å². The Morgan fingerprint density at radius 2 is 1.10 bits per heavy atom. The molecule has 0 saturated heterocycles. The number of thioether (sulfide) groups is 1. The molecule has 0 saturated carbocycles. The van der Waals surface area contributed by atoms with Crippen molar-refractivity contribution >= 4 is 20.1 Å². The molecule has 1 unspecified atom stereocenters. The molecule has 0 heterocycles. The summed E-state index contributed by atoms with van der Waals surface area (Å²) < 4.78 is 6.12. The van der Waals surface area contributed by atoms with Crippen LogP contribution in [0.25, 0.3) is 0 Å². The summed E-state index contributed by atoms with van der Waals surface area (Å²) in [6.07, 6.45) is 22.4. The third-order valence-corrected chi connectivity index (χ3v) is 12.6. The highest BCUT2D eigenvalue weighted by Gasteiger charge is 2.37. The van der Waals surface area contributed by atoms with E-state index in [9.17, 15) is 5.11 Å². The van der Waals surface area contributed by atoms with Crippen molar-refractivity contribution in [1.29, 1.82) is 0 Å². The van der Waals surface area contributed by atoms with Crippen molar-refractivity contribution in [1.82, 2.24) is 0 Å². The van der Waals surface area contributed by atoms with E-state index >= 15 is 0 Å². The Labute approximate surface area is 202 Å². The molecule has 188 valence electrons. The van der Waals surface area contributed by atoms with E-state index in [-0.39, 0.29) is 11.1 Å². The van der Waals surface area contributed by atoms with Crippen LogP contribution in [0.5, 0.6) is 0 Å². The molecule has 0 aliphatic heterocycles. The molecule has 0 fully saturated rings. The van der Waals surface area contributed by atoms with Gasteiger partial charge in [-0.15, -0.1) is 0 Å². The summed E-state index contributed by atoms with van der Waals surface area (Å²) in [5.74, 6) is 1.99. The molecule has 0 aromatic heterocycles. The van der Waals surface area contributed by atoms with Crippen LogP contribution in [-0.4, -0.2) is 37.6 Å². The minimum Gasteiger partial charge on any atom is -0.414 e. The molecule has 0 aliphatic carbocycles. The van der Waals surface area contributed by atoms with Crippen molar-refractivity contribution in [3.8, 4) is 0 Å². The standard InChI is InChI=1S/C27H58O2SSi/c1-7-8-9-10-11-12-13-14-15-16-17-18-19-20-21-22-23-30-25-26(28)24-29-31(5,6)27(2,3)4/h26,28H,7-25H2,1-6H3. The second-order valence-corrected chi connectivity index (χ2v) is 17.1. The zero-order valence-electron chi connectivity index (χ0n) is 22.3. The number of aliphatic hydroxyl groups is 1. The summed E-state index contributed by atoms with van der Waals surface area (Å²) in [6, 6.07) is 0. The molecular formula is C27H58O2SSi. The molecule has 0 aliphatic rings. The predicted octanol–water partition coefficient (Wildman–Crippen LogP) is 9.36. The van der Waals surface area contributed by atoms with Gasteiger partial charge >= 0.3 is 0 Å². The lowest BCUT2D eigenvalue weighted by Gasteiger charge is -2.36. The number of unbranched alkanes of at least 4 members (excludes halogenated alkanes) is 15. The van der Waals surface area contributed by atoms with Gasteiger partial charge in [-0.25, -0.2) is 0 Å². The van der Waals surface area contributed by atoms with Gasteiger partial charge < -0.3 is 9.53 Å². The monoisotopic (exact) mass is 474 g/mol. The topological polar surface area (TPSA) is 29.5 Å². The van der Waals surface area contributed by atoms with Crippen LogP contribution < -0.4 is 0 Å². The van der Waals surface area contributed by atoms with Gasteiger partial charge in [-0.3, -0.25) is 0 Å². The molecule has 0 bridgehead atoms. The smallest absolute Gasteiger partial charge is 0.192 e. The van der Waals surface area contributed by atoms with Gasteiger partial charge in [-0.1, -0.05) is 124 Å². The Morgan fingerprint density at radius 1 is 0.710 bits per heavy atom. The van der Waals surface area contributed by atoms with E-state index in [1.165, 1.54) is 108 Å². The SMILES string of the molecule is CCCCCCCCCCCCCCCCCCSCC(O)CO[Si](C)(C)C(C)(C)C. The second-order valence-electron chi connectivity index (χ2n) is 11.1. The molecule has 0 radical (unpaired) electrons. The normalized spacial score (nSPS) is 13.6. The van der Waals surface area contributed by atoms with Gasteiger partial charge in [-0.2, -0.15) is 11.8 Å². The summed E-state index contributed by atoms with van der Waals surface area (Å²) in [5.41, 5.74) is 0. The van der Waals surface area contributed by atoms with E-state index in [0.29, 0.717) is 6.61 Å². The van der Waals surface area contributed by atoms with Crippen molar-refractivity contribution in [3.05, 3.63) is 0 Å². The van der Waals surface area contributed by atoms with Gasteiger partial charge in [-0.05, 0) is 30.3 Å². The largest absolute Gasteiger partial charge is 0.414 e. The summed E-state index contributed by atoms with van der Waals surface area (Å²) >= 11 is 1.89. The number of aliphatic hydroxyl groups excluding tert-OH is 1. The zero-order valence-corrected chi connectivity index (χ0v) is 24.1. The van der Waals surface area contributed by atoms with Crippen LogP contribution in [0, 0.1) is 0 Å². The molecule has 0 aromatic carbocycles. The van der Waals surface area contributed by atoms with Crippen LogP contribution >= 0.6 is 11.8 Å². The Balaban J connectivity index is 3.30. The van der Waals surface area contributed by atoms with E-state index in [1.54, 1.807) is 0 Å². The highest BCUT2D eigenvalue weighted by Crippen LogP contribution is 2.36. The quantitative estimate of drug-likeness (QED) is 0.125. The lowest BCUT2D eigenvalue weighted by Crippen LogP contribution is -2.42. The molecule has 1 atom stereocenters. The van der Waals surface area contributed by atoms with E-state index in [4.69, 9.17) is 4.43 Å². The molecular weight excluding hydrogens is 416 g/mol. The molecule has 0 aromatic rings. The van der Waals surface area contributed by atoms with E-state index in [1.807, 2.05) is 11.8 Å². The first-order valence-electron chi connectivity index (χ1n) is 13.6. The molecule has 0 amide bonds. The average Bonchev–Trinajstić information content (AvgIpc) is 2.70. The highest BCUT2D eigenvalue weighted by atomic mass is 32.2. The van der Waals surface area contributed by atoms with Gasteiger partial charge in [0.2, 0.25) is 0 Å². The fourth-order valence-corrected chi connectivity index (χ4v) is 5.53. The van der Waals surface area contributed by atoms with Crippen molar-refractivity contribution in [3.63, 3.8) is 0 Å².